The number of amides is 4. The average Bonchev–Trinajstić information content (AvgIpc) is 2.74. The highest BCUT2D eigenvalue weighted by atomic mass is 16.6. The second-order valence-corrected chi connectivity index (χ2v) is 7.89. The summed E-state index contributed by atoms with van der Waals surface area (Å²) in [5.74, 6) is -4.24. The molecule has 0 aromatic rings. The molecule has 0 spiro atoms. The number of carbonyl (C=O) groups excluding carboxylic acids is 4. The molecular formula is C19H33N5O10. The molecule has 0 aliphatic carbocycles. The second kappa shape index (κ2) is 13.1. The molecular weight excluding hydrogens is 458 g/mol. The van der Waals surface area contributed by atoms with Gasteiger partial charge in [0.15, 0.2) is 6.29 Å². The quantitative estimate of drug-likeness (QED) is 0.129. The zero-order valence-electron chi connectivity index (χ0n) is 19.1. The van der Waals surface area contributed by atoms with Crippen LogP contribution in [0.3, 0.4) is 0 Å². The number of hydrogen-bond acceptors (Lipinski definition) is 10. The molecule has 15 nitrogen and oxygen atoms in total. The minimum Gasteiger partial charge on any atom is -0.481 e. The monoisotopic (exact) mass is 491 g/mol. The van der Waals surface area contributed by atoms with E-state index in [1.165, 1.54) is 20.8 Å². The zero-order valence-corrected chi connectivity index (χ0v) is 19.1. The molecule has 1 fully saturated rings. The Balaban J connectivity index is 2.80. The number of nitrogens with one attached hydrogen (secondary N) is 3. The van der Waals surface area contributed by atoms with Crippen molar-refractivity contribution in [1.29, 1.82) is 0 Å². The normalized spacial score (nSPS) is 27.1. The van der Waals surface area contributed by atoms with Gasteiger partial charge in [-0.05, 0) is 20.3 Å². The van der Waals surface area contributed by atoms with Crippen LogP contribution in [-0.2, 0) is 33.4 Å². The summed E-state index contributed by atoms with van der Waals surface area (Å²) in [5.41, 5.74) is 10.7. The lowest BCUT2D eigenvalue weighted by Crippen LogP contribution is -2.66. The Bertz CT molecular complexity index is 766. The number of carbonyl (C=O) groups is 5. The van der Waals surface area contributed by atoms with Gasteiger partial charge in [-0.1, -0.05) is 0 Å². The first-order valence-corrected chi connectivity index (χ1v) is 10.5. The fourth-order valence-corrected chi connectivity index (χ4v) is 3.22. The van der Waals surface area contributed by atoms with Gasteiger partial charge in [0.2, 0.25) is 23.6 Å². The number of rotatable bonds is 12. The summed E-state index contributed by atoms with van der Waals surface area (Å²) in [5, 5.41) is 36.4. The molecule has 0 bridgehead atoms. The van der Waals surface area contributed by atoms with E-state index >= 15 is 0 Å². The standard InChI is InChI=1S/C19H33N5O10/c1-7(17(30)24-10(16(21)29)4-5-12(26)27)22-18(31)8(2)33-15-13(23-9(3)25)19(32)34-11(6-20)14(15)28/h7-8,10-11,13-15,19,28,32H,4-6,20H2,1-3H3,(H2,21,29)(H,22,31)(H,23,25)(H,24,30)(H,26,27)/t7-,8+,10-,11+,13+,14+,15+,19+/m0/s1. The second-order valence-electron chi connectivity index (χ2n) is 7.89. The minimum absolute atomic E-state index is 0.175. The third-order valence-corrected chi connectivity index (χ3v) is 5.08. The molecule has 1 heterocycles. The van der Waals surface area contributed by atoms with Crippen molar-refractivity contribution in [2.45, 2.75) is 82.4 Å². The molecule has 0 aromatic heterocycles. The zero-order chi connectivity index (χ0) is 26.2. The summed E-state index contributed by atoms with van der Waals surface area (Å²) in [6.45, 7) is 3.63. The summed E-state index contributed by atoms with van der Waals surface area (Å²) < 4.78 is 10.8. The maximum atomic E-state index is 12.6. The van der Waals surface area contributed by atoms with Crippen LogP contribution in [-0.4, -0.2) is 100 Å². The maximum absolute atomic E-state index is 12.6. The van der Waals surface area contributed by atoms with Crippen LogP contribution in [0.1, 0.15) is 33.6 Å². The van der Waals surface area contributed by atoms with Crippen LogP contribution in [0.25, 0.3) is 0 Å². The number of aliphatic hydroxyl groups excluding tert-OH is 2. The van der Waals surface area contributed by atoms with Crippen LogP contribution in [0.15, 0.2) is 0 Å². The molecule has 34 heavy (non-hydrogen) atoms. The van der Waals surface area contributed by atoms with Crippen molar-refractivity contribution < 1.29 is 48.8 Å². The highest BCUT2D eigenvalue weighted by molar-refractivity contribution is 5.92. The third kappa shape index (κ3) is 8.49. The van der Waals surface area contributed by atoms with Crippen molar-refractivity contribution in [1.82, 2.24) is 16.0 Å². The van der Waals surface area contributed by atoms with Crippen molar-refractivity contribution >= 4 is 29.6 Å². The Morgan fingerprint density at radius 3 is 2.21 bits per heavy atom. The van der Waals surface area contributed by atoms with E-state index < -0.39 is 84.9 Å². The number of ether oxygens (including phenoxy) is 2. The summed E-state index contributed by atoms with van der Waals surface area (Å²) in [6, 6.07) is -3.63. The highest BCUT2D eigenvalue weighted by Crippen LogP contribution is 2.23. The number of carboxylic acids is 1. The maximum Gasteiger partial charge on any atom is 0.303 e. The SMILES string of the molecule is CC(=O)N[C@@H]1[C@@H](O[C@H](C)C(=O)N[C@@H](C)C(=O)N[C@@H](CCC(=O)O)C(N)=O)[C@H](O)[C@@H](CN)O[C@H]1O. The molecule has 194 valence electrons. The lowest BCUT2D eigenvalue weighted by Gasteiger charge is -2.43. The van der Waals surface area contributed by atoms with Crippen LogP contribution in [0, 0.1) is 0 Å². The topological polar surface area (TPSA) is 253 Å². The van der Waals surface area contributed by atoms with Crippen molar-refractivity contribution in [2.24, 2.45) is 11.5 Å². The Labute approximate surface area is 195 Å². The van der Waals surface area contributed by atoms with Crippen LogP contribution in [0.4, 0.5) is 0 Å². The third-order valence-electron chi connectivity index (χ3n) is 5.08. The van der Waals surface area contributed by atoms with E-state index in [0.29, 0.717) is 0 Å². The first-order chi connectivity index (χ1) is 15.8. The van der Waals surface area contributed by atoms with E-state index in [1.54, 1.807) is 0 Å². The molecule has 8 atom stereocenters. The average molecular weight is 491 g/mol. The van der Waals surface area contributed by atoms with Gasteiger partial charge in [-0.25, -0.2) is 0 Å². The van der Waals surface area contributed by atoms with E-state index in [2.05, 4.69) is 16.0 Å². The predicted octanol–water partition coefficient (Wildman–Crippen LogP) is -4.36. The van der Waals surface area contributed by atoms with E-state index in [9.17, 15) is 34.2 Å². The predicted molar refractivity (Wildman–Crippen MR) is 113 cm³/mol. The number of carboxylic acid groups (broad SMARTS) is 1. The molecule has 10 N–H and O–H groups in total. The summed E-state index contributed by atoms with van der Waals surface area (Å²) in [4.78, 5) is 58.5. The summed E-state index contributed by atoms with van der Waals surface area (Å²) in [7, 11) is 0. The van der Waals surface area contributed by atoms with Crippen LogP contribution in [0.5, 0.6) is 0 Å². The van der Waals surface area contributed by atoms with Crippen LogP contribution >= 0.6 is 0 Å². The fraction of sp³-hybridized carbons (Fsp3) is 0.737. The number of nitrogens with two attached hydrogens (primary N) is 2. The summed E-state index contributed by atoms with van der Waals surface area (Å²) in [6.07, 6.45) is -7.17. The molecule has 1 rings (SSSR count). The van der Waals surface area contributed by atoms with Gasteiger partial charge in [-0.2, -0.15) is 0 Å². The van der Waals surface area contributed by atoms with E-state index in [0.717, 1.165) is 0 Å². The molecule has 1 aliphatic heterocycles. The van der Waals surface area contributed by atoms with Gasteiger partial charge in [0.25, 0.3) is 0 Å². The smallest absolute Gasteiger partial charge is 0.303 e. The van der Waals surface area contributed by atoms with Crippen LogP contribution < -0.4 is 27.4 Å². The van der Waals surface area contributed by atoms with Gasteiger partial charge >= 0.3 is 5.97 Å². The Kier molecular flexibility index (Phi) is 11.3. The molecule has 15 heteroatoms. The van der Waals surface area contributed by atoms with Gasteiger partial charge in [0, 0.05) is 19.9 Å². The molecule has 4 amide bonds. The van der Waals surface area contributed by atoms with Gasteiger partial charge in [0.05, 0.1) is 0 Å². The Hall–Kier alpha value is -2.85. The number of aliphatic carboxylic acids is 1. The first-order valence-electron chi connectivity index (χ1n) is 10.5. The Morgan fingerprint density at radius 1 is 1.09 bits per heavy atom. The highest BCUT2D eigenvalue weighted by Gasteiger charge is 2.46. The molecule has 1 aliphatic rings. The molecule has 0 unspecified atom stereocenters. The fourth-order valence-electron chi connectivity index (χ4n) is 3.22. The van der Waals surface area contributed by atoms with E-state index in [4.69, 9.17) is 26.0 Å². The van der Waals surface area contributed by atoms with Gasteiger partial charge in [-0.15, -0.1) is 0 Å². The number of hydrogen-bond donors (Lipinski definition) is 8. The molecule has 0 saturated carbocycles. The Morgan fingerprint density at radius 2 is 1.71 bits per heavy atom. The lowest BCUT2D eigenvalue weighted by atomic mass is 9.96. The van der Waals surface area contributed by atoms with Gasteiger partial charge < -0.3 is 52.2 Å². The summed E-state index contributed by atoms with van der Waals surface area (Å²) >= 11 is 0. The molecule has 0 radical (unpaired) electrons. The van der Waals surface area contributed by atoms with E-state index in [-0.39, 0.29) is 13.0 Å². The lowest BCUT2D eigenvalue weighted by molar-refractivity contribution is -0.258. The van der Waals surface area contributed by atoms with Crippen molar-refractivity contribution in [3.63, 3.8) is 0 Å². The minimum atomic E-state index is -1.57. The number of aliphatic hydroxyl groups is 2. The van der Waals surface area contributed by atoms with Crippen molar-refractivity contribution in [3.8, 4) is 0 Å². The van der Waals surface area contributed by atoms with E-state index in [1.807, 2.05) is 0 Å². The first kappa shape index (κ1) is 29.2. The van der Waals surface area contributed by atoms with Crippen molar-refractivity contribution in [3.05, 3.63) is 0 Å². The molecule has 0 aromatic carbocycles. The van der Waals surface area contributed by atoms with Gasteiger partial charge in [0.1, 0.15) is 42.5 Å². The van der Waals surface area contributed by atoms with Crippen LogP contribution in [0.2, 0.25) is 0 Å². The largest absolute Gasteiger partial charge is 0.481 e. The van der Waals surface area contributed by atoms with Gasteiger partial charge in [-0.3, -0.25) is 24.0 Å². The number of primary amides is 1. The molecule has 1 saturated heterocycles. The van der Waals surface area contributed by atoms with Crippen molar-refractivity contribution in [2.75, 3.05) is 6.54 Å².